The Bertz CT molecular complexity index is 490. The molecule has 0 aromatic heterocycles. The predicted octanol–water partition coefficient (Wildman–Crippen LogP) is 1.90. The Morgan fingerprint density at radius 2 is 2.18 bits per heavy atom. The van der Waals surface area contributed by atoms with E-state index in [0.717, 1.165) is 0 Å². The predicted molar refractivity (Wildman–Crippen MR) is 56.7 cm³/mol. The Hall–Kier alpha value is -2.06. The fraction of sp³-hybridized carbons (Fsp3) is 0.333. The molecule has 0 saturated heterocycles. The molecule has 1 unspecified atom stereocenters. The van der Waals surface area contributed by atoms with Gasteiger partial charge in [-0.2, -0.15) is 10.1 Å². The summed E-state index contributed by atoms with van der Waals surface area (Å²) in [6.07, 6.45) is -0.932. The summed E-state index contributed by atoms with van der Waals surface area (Å²) in [5.41, 5.74) is -0.580. The number of carbonyl (C=O) groups is 1. The molecule has 1 heterocycles. The van der Waals surface area contributed by atoms with Crippen LogP contribution in [0.4, 0.5) is 0 Å². The van der Waals surface area contributed by atoms with Crippen molar-refractivity contribution in [1.82, 2.24) is 0 Å². The number of fused-ring (bicyclic) bond motifs is 1. The Labute approximate surface area is 98.4 Å². The van der Waals surface area contributed by atoms with Crippen LogP contribution >= 0.6 is 0 Å². The molecule has 1 aromatic carbocycles. The highest BCUT2D eigenvalue weighted by atomic mass is 17.2. The van der Waals surface area contributed by atoms with E-state index in [-0.39, 0.29) is 0 Å². The highest BCUT2D eigenvalue weighted by Gasteiger charge is 2.36. The molecule has 2 rings (SSSR count). The zero-order chi connectivity index (χ0) is 12.5. The molecule has 0 spiro atoms. The van der Waals surface area contributed by atoms with Crippen molar-refractivity contribution in [2.45, 2.75) is 25.6 Å². The van der Waals surface area contributed by atoms with E-state index in [1.165, 1.54) is 13.8 Å². The van der Waals surface area contributed by atoms with E-state index < -0.39 is 17.7 Å². The molecule has 1 aliphatic rings. The van der Waals surface area contributed by atoms with Crippen molar-refractivity contribution < 1.29 is 19.3 Å². The van der Waals surface area contributed by atoms with Gasteiger partial charge in [-0.1, -0.05) is 18.2 Å². The summed E-state index contributed by atoms with van der Waals surface area (Å²) in [4.78, 5) is 21.6. The number of hydrogen-bond donors (Lipinski definition) is 0. The first-order chi connectivity index (χ1) is 8.03. The third-order valence-corrected chi connectivity index (χ3v) is 2.27. The molecule has 0 fully saturated rings. The van der Waals surface area contributed by atoms with Gasteiger partial charge in [-0.05, 0) is 19.9 Å². The first-order valence-electron chi connectivity index (χ1n) is 5.10. The van der Waals surface area contributed by atoms with Gasteiger partial charge in [0.1, 0.15) is 6.07 Å². The second-order valence-corrected chi connectivity index (χ2v) is 4.14. The molecule has 0 N–H and O–H groups in total. The third-order valence-electron chi connectivity index (χ3n) is 2.27. The monoisotopic (exact) mass is 233 g/mol. The minimum atomic E-state index is -1.18. The van der Waals surface area contributed by atoms with Crippen molar-refractivity contribution in [2.75, 3.05) is 0 Å². The molecule has 5 nitrogen and oxygen atoms in total. The van der Waals surface area contributed by atoms with Crippen molar-refractivity contribution in [1.29, 1.82) is 5.26 Å². The average molecular weight is 233 g/mol. The molecule has 0 aliphatic carbocycles. The van der Waals surface area contributed by atoms with Gasteiger partial charge in [-0.25, -0.2) is 4.79 Å². The Balaban J connectivity index is 2.16. The van der Waals surface area contributed by atoms with Crippen LogP contribution < -0.4 is 4.89 Å². The number of ether oxygens (including phenoxy) is 1. The molecule has 1 aromatic rings. The quantitative estimate of drug-likeness (QED) is 0.576. The highest BCUT2D eigenvalue weighted by Crippen LogP contribution is 2.35. The summed E-state index contributed by atoms with van der Waals surface area (Å²) in [6, 6.07) is 8.83. The number of hydrogen-bond acceptors (Lipinski definition) is 5. The van der Waals surface area contributed by atoms with Gasteiger partial charge in [0.15, 0.2) is 11.4 Å². The zero-order valence-electron chi connectivity index (χ0n) is 9.47. The number of benzene rings is 1. The summed E-state index contributed by atoms with van der Waals surface area (Å²) in [6.45, 7) is 3.01. The Morgan fingerprint density at radius 1 is 1.47 bits per heavy atom. The van der Waals surface area contributed by atoms with Gasteiger partial charge in [0, 0.05) is 5.56 Å². The second-order valence-electron chi connectivity index (χ2n) is 4.14. The van der Waals surface area contributed by atoms with Crippen LogP contribution in [0.2, 0.25) is 0 Å². The van der Waals surface area contributed by atoms with Gasteiger partial charge in [-0.15, -0.1) is 0 Å². The molecule has 1 aliphatic heterocycles. The van der Waals surface area contributed by atoms with E-state index in [9.17, 15) is 4.79 Å². The van der Waals surface area contributed by atoms with Crippen LogP contribution in [0.5, 0.6) is 5.75 Å². The highest BCUT2D eigenvalue weighted by molar-refractivity contribution is 5.78. The molecule has 0 saturated carbocycles. The van der Waals surface area contributed by atoms with Gasteiger partial charge >= 0.3 is 5.97 Å². The minimum Gasteiger partial charge on any atom is -0.442 e. The number of para-hydroxylation sites is 1. The molecule has 5 heteroatoms. The lowest BCUT2D eigenvalue weighted by atomic mass is 10.1. The molecule has 0 radical (unpaired) electrons. The lowest BCUT2D eigenvalue weighted by molar-refractivity contribution is -0.235. The van der Waals surface area contributed by atoms with E-state index in [2.05, 4.69) is 0 Å². The van der Waals surface area contributed by atoms with Gasteiger partial charge in [0.2, 0.25) is 6.10 Å². The summed E-state index contributed by atoms with van der Waals surface area (Å²) in [5, 5.41) is 8.78. The summed E-state index contributed by atoms with van der Waals surface area (Å²) in [7, 11) is 0. The SMILES string of the molecule is CC(C)(C#N)OC(=O)C1OOc2ccccc21. The lowest BCUT2D eigenvalue weighted by Crippen LogP contribution is -2.29. The zero-order valence-corrected chi connectivity index (χ0v) is 9.47. The maximum Gasteiger partial charge on any atom is 0.346 e. The van der Waals surface area contributed by atoms with Crippen molar-refractivity contribution in [3.05, 3.63) is 29.8 Å². The van der Waals surface area contributed by atoms with Crippen LogP contribution in [0, 0.1) is 11.3 Å². The van der Waals surface area contributed by atoms with Crippen LogP contribution in [0.15, 0.2) is 24.3 Å². The lowest BCUT2D eigenvalue weighted by Gasteiger charge is -2.18. The van der Waals surface area contributed by atoms with E-state index in [1.54, 1.807) is 24.3 Å². The summed E-state index contributed by atoms with van der Waals surface area (Å²) < 4.78 is 5.02. The molecule has 1 atom stereocenters. The van der Waals surface area contributed by atoms with Crippen LogP contribution in [0.3, 0.4) is 0 Å². The summed E-state index contributed by atoms with van der Waals surface area (Å²) in [5.74, 6) is -0.147. The van der Waals surface area contributed by atoms with E-state index in [0.29, 0.717) is 11.3 Å². The van der Waals surface area contributed by atoms with Crippen molar-refractivity contribution in [2.24, 2.45) is 0 Å². The van der Waals surface area contributed by atoms with Crippen LogP contribution in [-0.4, -0.2) is 11.6 Å². The number of esters is 1. The van der Waals surface area contributed by atoms with Gasteiger partial charge in [0.05, 0.1) is 0 Å². The Kier molecular flexibility index (Phi) is 2.74. The van der Waals surface area contributed by atoms with Gasteiger partial charge < -0.3 is 9.62 Å². The van der Waals surface area contributed by atoms with Crippen LogP contribution in [0.25, 0.3) is 0 Å². The third kappa shape index (κ3) is 2.22. The first kappa shape index (κ1) is 11.4. The Morgan fingerprint density at radius 3 is 2.88 bits per heavy atom. The molecule has 17 heavy (non-hydrogen) atoms. The van der Waals surface area contributed by atoms with Gasteiger partial charge in [0.25, 0.3) is 0 Å². The number of nitrogens with zero attached hydrogens (tertiary/aromatic N) is 1. The molecular weight excluding hydrogens is 222 g/mol. The van der Waals surface area contributed by atoms with Crippen LogP contribution in [-0.2, 0) is 14.4 Å². The fourth-order valence-electron chi connectivity index (χ4n) is 1.42. The van der Waals surface area contributed by atoms with E-state index in [4.69, 9.17) is 19.8 Å². The second kappa shape index (κ2) is 4.07. The largest absolute Gasteiger partial charge is 0.442 e. The maximum atomic E-state index is 11.8. The van der Waals surface area contributed by atoms with E-state index in [1.807, 2.05) is 6.07 Å². The number of rotatable bonds is 2. The average Bonchev–Trinajstić information content (AvgIpc) is 2.72. The van der Waals surface area contributed by atoms with E-state index >= 15 is 0 Å². The minimum absolute atomic E-state index is 0.490. The molecule has 88 valence electrons. The molecular formula is C12H11NO4. The smallest absolute Gasteiger partial charge is 0.346 e. The topological polar surface area (TPSA) is 68.5 Å². The fourth-order valence-corrected chi connectivity index (χ4v) is 1.42. The number of carbonyl (C=O) groups excluding carboxylic acids is 1. The molecule has 0 bridgehead atoms. The van der Waals surface area contributed by atoms with Crippen LogP contribution in [0.1, 0.15) is 25.5 Å². The standard InChI is InChI=1S/C12H11NO4/c1-12(2,7-13)15-11(14)10-8-5-3-4-6-9(8)16-17-10/h3-6,10H,1-2H3. The van der Waals surface area contributed by atoms with Crippen molar-refractivity contribution in [3.63, 3.8) is 0 Å². The molecule has 0 amide bonds. The normalized spacial score (nSPS) is 17.8. The maximum absolute atomic E-state index is 11.8. The van der Waals surface area contributed by atoms with Crippen molar-refractivity contribution in [3.8, 4) is 11.8 Å². The number of nitriles is 1. The summed E-state index contributed by atoms with van der Waals surface area (Å²) >= 11 is 0. The van der Waals surface area contributed by atoms with Crippen molar-refractivity contribution >= 4 is 5.97 Å². The first-order valence-corrected chi connectivity index (χ1v) is 5.10. The van der Waals surface area contributed by atoms with Gasteiger partial charge in [-0.3, -0.25) is 0 Å².